The topological polar surface area (TPSA) is 108 Å². The van der Waals surface area contributed by atoms with Gasteiger partial charge in [0.05, 0.1) is 34.3 Å². The zero-order chi connectivity index (χ0) is 25.9. The lowest BCUT2D eigenvalue weighted by atomic mass is 10.0. The van der Waals surface area contributed by atoms with E-state index < -0.39 is 0 Å². The minimum Gasteiger partial charge on any atom is -0.358 e. The number of hydrogen-bond acceptors (Lipinski definition) is 6. The maximum atomic E-state index is 4.98. The number of hydrogen-bond donors (Lipinski definition) is 3. The Bertz CT molecular complexity index is 1910. The number of H-pyrrole nitrogens is 2. The Balaban J connectivity index is 1.18. The number of anilines is 1. The summed E-state index contributed by atoms with van der Waals surface area (Å²) >= 11 is 0. The summed E-state index contributed by atoms with van der Waals surface area (Å²) in [6, 6.07) is 14.7. The highest BCUT2D eigenvalue weighted by molar-refractivity contribution is 5.95. The highest BCUT2D eigenvalue weighted by Crippen LogP contribution is 2.36. The molecule has 190 valence electrons. The van der Waals surface area contributed by atoms with Crippen LogP contribution >= 0.6 is 0 Å². The van der Waals surface area contributed by atoms with Gasteiger partial charge in [-0.25, -0.2) is 9.97 Å². The van der Waals surface area contributed by atoms with Gasteiger partial charge in [-0.2, -0.15) is 5.10 Å². The molecule has 2 aliphatic carbocycles. The second kappa shape index (κ2) is 8.59. The summed E-state index contributed by atoms with van der Waals surface area (Å²) in [5.41, 5.74) is 12.6. The van der Waals surface area contributed by atoms with Crippen LogP contribution in [0, 0.1) is 5.92 Å². The number of nitrogens with zero attached hydrogens (tertiary/aromatic N) is 5. The molecule has 8 heteroatoms. The molecule has 1 saturated carbocycles. The van der Waals surface area contributed by atoms with Gasteiger partial charge in [0.1, 0.15) is 11.0 Å². The molecule has 5 aromatic heterocycles. The van der Waals surface area contributed by atoms with Crippen molar-refractivity contribution in [1.82, 2.24) is 35.1 Å². The Morgan fingerprint density at radius 1 is 0.872 bits per heavy atom. The third-order valence-corrected chi connectivity index (χ3v) is 7.81. The van der Waals surface area contributed by atoms with E-state index in [-0.39, 0.29) is 0 Å². The summed E-state index contributed by atoms with van der Waals surface area (Å²) in [4.78, 5) is 22.6. The summed E-state index contributed by atoms with van der Waals surface area (Å²) < 4.78 is 0. The van der Waals surface area contributed by atoms with Gasteiger partial charge in [-0.1, -0.05) is 18.7 Å². The second-order valence-corrected chi connectivity index (χ2v) is 10.5. The van der Waals surface area contributed by atoms with Crippen LogP contribution in [0.25, 0.3) is 56.1 Å². The molecule has 0 spiro atoms. The largest absolute Gasteiger partial charge is 0.358 e. The SMILES string of the molecule is C=C(Nc1cncc(-c2ccc3[nH]nc(-c4nc5c(-c6ccc7c(c6)CCC7)nccc5[nH]4)c3n2)c1)C1CC1. The first-order valence-electron chi connectivity index (χ1n) is 13.4. The van der Waals surface area contributed by atoms with Gasteiger partial charge in [-0.05, 0) is 79.5 Å². The first kappa shape index (κ1) is 22.2. The molecule has 6 aromatic rings. The molecule has 0 atom stereocenters. The van der Waals surface area contributed by atoms with E-state index in [2.05, 4.69) is 56.3 Å². The van der Waals surface area contributed by atoms with Crippen LogP contribution in [0.5, 0.6) is 0 Å². The molecule has 0 aliphatic heterocycles. The lowest BCUT2D eigenvalue weighted by molar-refractivity contribution is 0.912. The maximum Gasteiger partial charge on any atom is 0.161 e. The van der Waals surface area contributed by atoms with E-state index in [0.29, 0.717) is 17.4 Å². The van der Waals surface area contributed by atoms with Gasteiger partial charge in [0.25, 0.3) is 0 Å². The van der Waals surface area contributed by atoms with E-state index in [9.17, 15) is 0 Å². The number of aromatic nitrogens is 7. The van der Waals surface area contributed by atoms with Crippen LogP contribution < -0.4 is 5.32 Å². The molecular weight excluding hydrogens is 484 g/mol. The number of nitrogens with one attached hydrogen (secondary N) is 3. The van der Waals surface area contributed by atoms with Gasteiger partial charge in [0.15, 0.2) is 11.5 Å². The highest BCUT2D eigenvalue weighted by atomic mass is 15.2. The number of aryl methyl sites for hydroxylation is 2. The first-order chi connectivity index (χ1) is 19.2. The molecule has 0 radical (unpaired) electrons. The van der Waals surface area contributed by atoms with Gasteiger partial charge >= 0.3 is 0 Å². The number of fused-ring (bicyclic) bond motifs is 3. The maximum absolute atomic E-state index is 4.98. The van der Waals surface area contributed by atoms with Crippen LogP contribution in [0.1, 0.15) is 30.4 Å². The summed E-state index contributed by atoms with van der Waals surface area (Å²) in [6.45, 7) is 4.17. The summed E-state index contributed by atoms with van der Waals surface area (Å²) in [5.74, 6) is 1.23. The Kier molecular flexibility index (Phi) is 4.88. The fraction of sp³-hybridized carbons (Fsp3) is 0.194. The molecule has 0 bridgehead atoms. The van der Waals surface area contributed by atoms with Gasteiger partial charge in [0.2, 0.25) is 0 Å². The minimum atomic E-state index is 0.568. The third kappa shape index (κ3) is 3.87. The fourth-order valence-electron chi connectivity index (χ4n) is 5.57. The molecule has 1 fully saturated rings. The Labute approximate surface area is 224 Å². The van der Waals surface area contributed by atoms with Crippen molar-refractivity contribution in [3.05, 3.63) is 84.5 Å². The van der Waals surface area contributed by atoms with Crippen molar-refractivity contribution in [2.75, 3.05) is 5.32 Å². The first-order valence-corrected chi connectivity index (χ1v) is 13.4. The van der Waals surface area contributed by atoms with Crippen molar-refractivity contribution < 1.29 is 0 Å². The van der Waals surface area contributed by atoms with Crippen molar-refractivity contribution in [3.63, 3.8) is 0 Å². The van der Waals surface area contributed by atoms with E-state index in [0.717, 1.165) is 68.8 Å². The molecule has 8 rings (SSSR count). The monoisotopic (exact) mass is 510 g/mol. The molecule has 0 amide bonds. The minimum absolute atomic E-state index is 0.568. The molecule has 8 nitrogen and oxygen atoms in total. The van der Waals surface area contributed by atoms with Crippen LogP contribution in [0.4, 0.5) is 5.69 Å². The molecule has 3 N–H and O–H groups in total. The zero-order valence-corrected chi connectivity index (χ0v) is 21.3. The van der Waals surface area contributed by atoms with Gasteiger partial charge in [0, 0.05) is 29.2 Å². The van der Waals surface area contributed by atoms with E-state index in [1.54, 1.807) is 0 Å². The summed E-state index contributed by atoms with van der Waals surface area (Å²) in [5, 5.41) is 11.1. The molecule has 39 heavy (non-hydrogen) atoms. The Hall–Kier alpha value is -4.85. The van der Waals surface area contributed by atoms with E-state index in [1.807, 2.05) is 36.8 Å². The Morgan fingerprint density at radius 2 is 1.77 bits per heavy atom. The fourth-order valence-corrected chi connectivity index (χ4v) is 5.57. The number of imidazole rings is 1. The molecule has 2 aliphatic rings. The van der Waals surface area contributed by atoms with Crippen molar-refractivity contribution in [1.29, 1.82) is 0 Å². The quantitative estimate of drug-likeness (QED) is 0.238. The average Bonchev–Trinajstić information content (AvgIpc) is 3.36. The number of pyridine rings is 3. The predicted molar refractivity (Wildman–Crippen MR) is 153 cm³/mol. The van der Waals surface area contributed by atoms with Gasteiger partial charge in [-0.15, -0.1) is 0 Å². The number of aromatic amines is 2. The average molecular weight is 511 g/mol. The zero-order valence-electron chi connectivity index (χ0n) is 21.3. The van der Waals surface area contributed by atoms with Crippen LogP contribution in [-0.4, -0.2) is 35.1 Å². The third-order valence-electron chi connectivity index (χ3n) is 7.81. The molecule has 0 saturated heterocycles. The second-order valence-electron chi connectivity index (χ2n) is 10.5. The lowest BCUT2D eigenvalue weighted by Gasteiger charge is -2.09. The molecule has 5 heterocycles. The van der Waals surface area contributed by atoms with Crippen molar-refractivity contribution in [3.8, 4) is 34.0 Å². The molecular formula is C31H26N8. The number of benzene rings is 1. The Morgan fingerprint density at radius 3 is 2.69 bits per heavy atom. The van der Waals surface area contributed by atoms with Gasteiger partial charge < -0.3 is 10.3 Å². The van der Waals surface area contributed by atoms with Crippen molar-refractivity contribution in [2.24, 2.45) is 5.92 Å². The lowest BCUT2D eigenvalue weighted by Crippen LogP contribution is -2.00. The van der Waals surface area contributed by atoms with Crippen molar-refractivity contribution in [2.45, 2.75) is 32.1 Å². The van der Waals surface area contributed by atoms with Crippen molar-refractivity contribution >= 4 is 27.8 Å². The van der Waals surface area contributed by atoms with E-state index >= 15 is 0 Å². The predicted octanol–water partition coefficient (Wildman–Crippen LogP) is 6.45. The number of rotatable bonds is 6. The van der Waals surface area contributed by atoms with Crippen LogP contribution in [0.2, 0.25) is 0 Å². The van der Waals surface area contributed by atoms with Crippen LogP contribution in [0.15, 0.2) is 73.3 Å². The van der Waals surface area contributed by atoms with E-state index in [1.165, 1.54) is 30.4 Å². The normalized spacial score (nSPS) is 14.7. The van der Waals surface area contributed by atoms with Crippen LogP contribution in [0.3, 0.4) is 0 Å². The molecule has 1 aromatic carbocycles. The van der Waals surface area contributed by atoms with Gasteiger partial charge in [-0.3, -0.25) is 15.1 Å². The molecule has 0 unspecified atom stereocenters. The van der Waals surface area contributed by atoms with Crippen LogP contribution in [-0.2, 0) is 12.8 Å². The van der Waals surface area contributed by atoms with E-state index in [4.69, 9.17) is 15.0 Å². The smallest absolute Gasteiger partial charge is 0.161 e. The highest BCUT2D eigenvalue weighted by Gasteiger charge is 2.25. The summed E-state index contributed by atoms with van der Waals surface area (Å²) in [7, 11) is 0. The standard InChI is InChI=1S/C31H26N8/c1-17(18-5-6-18)34-23-14-22(15-32-16-23)24-9-10-26-29(35-24)30(39-38-26)31-36-25-11-12-33-27(28(25)37-31)21-8-7-19-3-2-4-20(19)13-21/h7-16,18,34H,1-6H2,(H,36,37)(H,38,39). The summed E-state index contributed by atoms with van der Waals surface area (Å²) in [6.07, 6.45) is 11.4. The number of allylic oxidation sites excluding steroid dienone is 1.